The van der Waals surface area contributed by atoms with Crippen LogP contribution in [0, 0.1) is 5.92 Å². The van der Waals surface area contributed by atoms with Crippen molar-refractivity contribution in [2.24, 2.45) is 5.92 Å². The van der Waals surface area contributed by atoms with Crippen LogP contribution < -0.4 is 5.32 Å². The molecule has 0 radical (unpaired) electrons. The minimum absolute atomic E-state index is 0.0477. The molecule has 24 heavy (non-hydrogen) atoms. The molecule has 1 aliphatic heterocycles. The van der Waals surface area contributed by atoms with Crippen LogP contribution in [-0.4, -0.2) is 23.9 Å². The Morgan fingerprint density at radius 1 is 1.08 bits per heavy atom. The standard InChI is InChI=1S/C19H20Cl2N2O/c20-16-5-3-6-17(12-16)22-19(24)14-8-10-23(11-9-14)13-15-4-1-2-7-18(15)21/h1-7,12,14H,8-11,13H2,(H,22,24). The van der Waals surface area contributed by atoms with Gasteiger partial charge >= 0.3 is 0 Å². The molecule has 0 unspecified atom stereocenters. The Hall–Kier alpha value is -1.55. The second-order valence-corrected chi connectivity index (χ2v) is 6.99. The monoisotopic (exact) mass is 362 g/mol. The molecule has 1 aliphatic rings. The second-order valence-electron chi connectivity index (χ2n) is 6.14. The molecular formula is C19H20Cl2N2O. The number of nitrogens with one attached hydrogen (secondary N) is 1. The first-order valence-electron chi connectivity index (χ1n) is 8.14. The van der Waals surface area contributed by atoms with Gasteiger partial charge < -0.3 is 5.32 Å². The molecular weight excluding hydrogens is 343 g/mol. The highest BCUT2D eigenvalue weighted by molar-refractivity contribution is 6.31. The van der Waals surface area contributed by atoms with E-state index in [1.165, 1.54) is 0 Å². The summed E-state index contributed by atoms with van der Waals surface area (Å²) in [6, 6.07) is 15.2. The molecule has 0 aliphatic carbocycles. The van der Waals surface area contributed by atoms with Crippen LogP contribution in [0.3, 0.4) is 0 Å². The van der Waals surface area contributed by atoms with Gasteiger partial charge in [-0.2, -0.15) is 0 Å². The fourth-order valence-electron chi connectivity index (χ4n) is 3.03. The summed E-state index contributed by atoms with van der Waals surface area (Å²) >= 11 is 12.2. The van der Waals surface area contributed by atoms with Crippen molar-refractivity contribution in [1.82, 2.24) is 4.90 Å². The summed E-state index contributed by atoms with van der Waals surface area (Å²) in [4.78, 5) is 14.8. The molecule has 126 valence electrons. The first-order chi connectivity index (χ1) is 11.6. The van der Waals surface area contributed by atoms with Gasteiger partial charge in [0.15, 0.2) is 0 Å². The summed E-state index contributed by atoms with van der Waals surface area (Å²) in [5, 5.41) is 4.39. The predicted octanol–water partition coefficient (Wildman–Crippen LogP) is 4.84. The van der Waals surface area contributed by atoms with Crippen molar-refractivity contribution in [2.75, 3.05) is 18.4 Å². The average molecular weight is 363 g/mol. The number of benzene rings is 2. The minimum Gasteiger partial charge on any atom is -0.326 e. The fraction of sp³-hybridized carbons (Fsp3) is 0.316. The SMILES string of the molecule is O=C(Nc1cccc(Cl)c1)C1CCN(Cc2ccccc2Cl)CC1. The van der Waals surface area contributed by atoms with Gasteiger partial charge in [-0.25, -0.2) is 0 Å². The number of hydrogen-bond donors (Lipinski definition) is 1. The van der Waals surface area contributed by atoms with E-state index < -0.39 is 0 Å². The van der Waals surface area contributed by atoms with Gasteiger partial charge in [0, 0.05) is 28.2 Å². The largest absolute Gasteiger partial charge is 0.326 e. The summed E-state index contributed by atoms with van der Waals surface area (Å²) in [5.41, 5.74) is 1.90. The molecule has 0 saturated carbocycles. The number of rotatable bonds is 4. The molecule has 5 heteroatoms. The second kappa shape index (κ2) is 8.02. The van der Waals surface area contributed by atoms with Gasteiger partial charge in [-0.15, -0.1) is 0 Å². The quantitative estimate of drug-likeness (QED) is 0.843. The van der Waals surface area contributed by atoms with Crippen molar-refractivity contribution in [1.29, 1.82) is 0 Å². The zero-order valence-electron chi connectivity index (χ0n) is 13.3. The summed E-state index contributed by atoms with van der Waals surface area (Å²) in [7, 11) is 0. The molecule has 1 N–H and O–H groups in total. The third-order valence-corrected chi connectivity index (χ3v) is 5.01. The van der Waals surface area contributed by atoms with Crippen molar-refractivity contribution in [3.05, 3.63) is 64.1 Å². The van der Waals surface area contributed by atoms with E-state index in [1.54, 1.807) is 12.1 Å². The normalized spacial score (nSPS) is 16.1. The summed E-state index contributed by atoms with van der Waals surface area (Å²) in [6.45, 7) is 2.64. The smallest absolute Gasteiger partial charge is 0.227 e. The van der Waals surface area contributed by atoms with E-state index in [0.717, 1.165) is 48.7 Å². The molecule has 0 atom stereocenters. The third kappa shape index (κ3) is 4.50. The third-order valence-electron chi connectivity index (χ3n) is 4.40. The molecule has 1 saturated heterocycles. The molecule has 2 aromatic rings. The highest BCUT2D eigenvalue weighted by Crippen LogP contribution is 2.24. The van der Waals surface area contributed by atoms with Crippen molar-refractivity contribution in [3.8, 4) is 0 Å². The van der Waals surface area contributed by atoms with Gasteiger partial charge in [-0.1, -0.05) is 47.5 Å². The Morgan fingerprint density at radius 3 is 2.54 bits per heavy atom. The Morgan fingerprint density at radius 2 is 1.83 bits per heavy atom. The van der Waals surface area contributed by atoms with Gasteiger partial charge in [-0.3, -0.25) is 9.69 Å². The molecule has 0 bridgehead atoms. The van der Waals surface area contributed by atoms with Crippen LogP contribution in [0.4, 0.5) is 5.69 Å². The Kier molecular flexibility index (Phi) is 5.77. The maximum Gasteiger partial charge on any atom is 0.227 e. The van der Waals surface area contributed by atoms with Gasteiger partial charge in [-0.05, 0) is 55.8 Å². The average Bonchev–Trinajstić information content (AvgIpc) is 2.57. The molecule has 1 fully saturated rings. The number of hydrogen-bond acceptors (Lipinski definition) is 2. The van der Waals surface area contributed by atoms with Crippen LogP contribution in [0.5, 0.6) is 0 Å². The molecule has 1 heterocycles. The van der Waals surface area contributed by atoms with Crippen LogP contribution in [0.25, 0.3) is 0 Å². The lowest BCUT2D eigenvalue weighted by Gasteiger charge is -2.31. The van der Waals surface area contributed by atoms with Crippen LogP contribution in [0.15, 0.2) is 48.5 Å². The van der Waals surface area contributed by atoms with E-state index in [9.17, 15) is 4.79 Å². The number of amides is 1. The summed E-state index contributed by atoms with van der Waals surface area (Å²) in [5.74, 6) is 0.126. The number of anilines is 1. The van der Waals surface area contributed by atoms with E-state index in [1.807, 2.05) is 30.3 Å². The summed E-state index contributed by atoms with van der Waals surface area (Å²) in [6.07, 6.45) is 1.72. The highest BCUT2D eigenvalue weighted by Gasteiger charge is 2.25. The molecule has 3 nitrogen and oxygen atoms in total. The number of piperidine rings is 1. The number of halogens is 2. The first kappa shape index (κ1) is 17.3. The van der Waals surface area contributed by atoms with Crippen molar-refractivity contribution < 1.29 is 4.79 Å². The van der Waals surface area contributed by atoms with Crippen LogP contribution >= 0.6 is 23.2 Å². The number of carbonyl (C=O) groups excluding carboxylic acids is 1. The van der Waals surface area contributed by atoms with Crippen LogP contribution in [-0.2, 0) is 11.3 Å². The molecule has 1 amide bonds. The van der Waals surface area contributed by atoms with Gasteiger partial charge in [0.2, 0.25) is 5.91 Å². The number of likely N-dealkylation sites (tertiary alicyclic amines) is 1. The number of carbonyl (C=O) groups is 1. The minimum atomic E-state index is 0.0477. The van der Waals surface area contributed by atoms with E-state index in [0.29, 0.717) is 5.02 Å². The zero-order valence-corrected chi connectivity index (χ0v) is 14.9. The topological polar surface area (TPSA) is 32.3 Å². The lowest BCUT2D eigenvalue weighted by molar-refractivity contribution is -0.121. The molecule has 2 aromatic carbocycles. The van der Waals surface area contributed by atoms with Crippen molar-refractivity contribution in [3.63, 3.8) is 0 Å². The van der Waals surface area contributed by atoms with Crippen LogP contribution in [0.2, 0.25) is 10.0 Å². The van der Waals surface area contributed by atoms with Crippen LogP contribution in [0.1, 0.15) is 18.4 Å². The van der Waals surface area contributed by atoms with Gasteiger partial charge in [0.05, 0.1) is 0 Å². The Balaban J connectivity index is 1.51. The molecule has 3 rings (SSSR count). The highest BCUT2D eigenvalue weighted by atomic mass is 35.5. The number of nitrogens with zero attached hydrogens (tertiary/aromatic N) is 1. The predicted molar refractivity (Wildman–Crippen MR) is 99.5 cm³/mol. The molecule has 0 spiro atoms. The zero-order chi connectivity index (χ0) is 16.9. The summed E-state index contributed by atoms with van der Waals surface area (Å²) < 4.78 is 0. The van der Waals surface area contributed by atoms with Gasteiger partial charge in [0.25, 0.3) is 0 Å². The fourth-order valence-corrected chi connectivity index (χ4v) is 3.42. The van der Waals surface area contributed by atoms with E-state index in [-0.39, 0.29) is 11.8 Å². The van der Waals surface area contributed by atoms with E-state index in [4.69, 9.17) is 23.2 Å². The Bertz CT molecular complexity index is 712. The lowest BCUT2D eigenvalue weighted by atomic mass is 9.95. The first-order valence-corrected chi connectivity index (χ1v) is 8.89. The van der Waals surface area contributed by atoms with E-state index >= 15 is 0 Å². The lowest BCUT2D eigenvalue weighted by Crippen LogP contribution is -2.37. The van der Waals surface area contributed by atoms with E-state index in [2.05, 4.69) is 16.3 Å². The molecule has 0 aromatic heterocycles. The van der Waals surface area contributed by atoms with Gasteiger partial charge in [0.1, 0.15) is 0 Å². The Labute approximate surface area is 152 Å². The van der Waals surface area contributed by atoms with Crippen molar-refractivity contribution in [2.45, 2.75) is 19.4 Å². The van der Waals surface area contributed by atoms with Crippen molar-refractivity contribution >= 4 is 34.8 Å². The maximum atomic E-state index is 12.4. The maximum absolute atomic E-state index is 12.4.